The second kappa shape index (κ2) is 1.90. The lowest BCUT2D eigenvalue weighted by Crippen LogP contribution is -1.87. The van der Waals surface area contributed by atoms with Gasteiger partial charge < -0.3 is 10.2 Å². The summed E-state index contributed by atoms with van der Waals surface area (Å²) >= 11 is 0. The summed E-state index contributed by atoms with van der Waals surface area (Å²) in [5, 5.41) is 0. The molecule has 2 heteroatoms. The molecule has 1 heterocycles. The summed E-state index contributed by atoms with van der Waals surface area (Å²) in [6, 6.07) is 1.87. The third-order valence-electron chi connectivity index (χ3n) is 1.70. The van der Waals surface area contributed by atoms with Gasteiger partial charge in [0.1, 0.15) is 5.76 Å². The number of furan rings is 1. The standard InChI is InChI=1S/C8H9NO/c9-8-5-6-3-1-2-4-7(6)10-8/h1,3,5H,2,4,9H2. The van der Waals surface area contributed by atoms with Gasteiger partial charge in [0, 0.05) is 18.1 Å². The van der Waals surface area contributed by atoms with Crippen LogP contribution in [0.5, 0.6) is 0 Å². The molecule has 0 radical (unpaired) electrons. The van der Waals surface area contributed by atoms with Gasteiger partial charge >= 0.3 is 0 Å². The molecule has 10 heavy (non-hydrogen) atoms. The molecular formula is C8H9NO. The maximum atomic E-state index is 5.46. The SMILES string of the molecule is Nc1cc2c(o1)CCC=C2. The predicted molar refractivity (Wildman–Crippen MR) is 40.5 cm³/mol. The van der Waals surface area contributed by atoms with Gasteiger partial charge in [-0.1, -0.05) is 12.2 Å². The Bertz CT molecular complexity index is 273. The van der Waals surface area contributed by atoms with Crippen molar-refractivity contribution < 1.29 is 4.42 Å². The molecule has 0 unspecified atom stereocenters. The van der Waals surface area contributed by atoms with E-state index in [1.807, 2.05) is 6.07 Å². The highest BCUT2D eigenvalue weighted by Crippen LogP contribution is 2.23. The summed E-state index contributed by atoms with van der Waals surface area (Å²) in [7, 11) is 0. The molecule has 0 aliphatic heterocycles. The monoisotopic (exact) mass is 135 g/mol. The zero-order valence-corrected chi connectivity index (χ0v) is 5.63. The number of allylic oxidation sites excluding steroid dienone is 1. The van der Waals surface area contributed by atoms with Gasteiger partial charge in [0.15, 0.2) is 5.88 Å². The molecule has 0 spiro atoms. The second-order valence-corrected chi connectivity index (χ2v) is 2.47. The molecule has 1 aromatic heterocycles. The first-order valence-corrected chi connectivity index (χ1v) is 3.41. The van der Waals surface area contributed by atoms with Crippen LogP contribution in [0.3, 0.4) is 0 Å². The fraction of sp³-hybridized carbons (Fsp3) is 0.250. The van der Waals surface area contributed by atoms with Crippen LogP contribution >= 0.6 is 0 Å². The Morgan fingerprint density at radius 1 is 1.50 bits per heavy atom. The number of nitrogens with two attached hydrogens (primary N) is 1. The minimum absolute atomic E-state index is 0.525. The number of fused-ring (bicyclic) bond motifs is 1. The first-order chi connectivity index (χ1) is 4.86. The summed E-state index contributed by atoms with van der Waals surface area (Å²) in [5.74, 6) is 1.55. The van der Waals surface area contributed by atoms with Crippen molar-refractivity contribution in [3.05, 3.63) is 23.5 Å². The number of aryl methyl sites for hydroxylation is 1. The Balaban J connectivity index is 2.53. The van der Waals surface area contributed by atoms with E-state index in [9.17, 15) is 0 Å². The molecule has 2 rings (SSSR count). The van der Waals surface area contributed by atoms with Crippen LogP contribution in [0.1, 0.15) is 17.7 Å². The summed E-state index contributed by atoms with van der Waals surface area (Å²) in [5.41, 5.74) is 6.60. The van der Waals surface area contributed by atoms with Crippen LogP contribution in [0, 0.1) is 0 Å². The van der Waals surface area contributed by atoms with Crippen molar-refractivity contribution >= 4 is 12.0 Å². The molecule has 0 bridgehead atoms. The van der Waals surface area contributed by atoms with Crippen molar-refractivity contribution in [1.29, 1.82) is 0 Å². The van der Waals surface area contributed by atoms with Gasteiger partial charge in [0.25, 0.3) is 0 Å². The predicted octanol–water partition coefficient (Wildman–Crippen LogP) is 1.82. The minimum atomic E-state index is 0.525. The van der Waals surface area contributed by atoms with E-state index >= 15 is 0 Å². The molecule has 1 aliphatic rings. The van der Waals surface area contributed by atoms with Crippen LogP contribution in [0.25, 0.3) is 6.08 Å². The smallest absolute Gasteiger partial charge is 0.191 e. The summed E-state index contributed by atoms with van der Waals surface area (Å²) in [6.07, 6.45) is 6.25. The van der Waals surface area contributed by atoms with Crippen LogP contribution in [0.15, 0.2) is 16.6 Å². The molecule has 0 aromatic carbocycles. The van der Waals surface area contributed by atoms with E-state index in [2.05, 4.69) is 12.2 Å². The topological polar surface area (TPSA) is 39.2 Å². The molecular weight excluding hydrogens is 126 g/mol. The highest BCUT2D eigenvalue weighted by molar-refractivity contribution is 5.57. The van der Waals surface area contributed by atoms with Crippen molar-refractivity contribution in [2.45, 2.75) is 12.8 Å². The molecule has 52 valence electrons. The van der Waals surface area contributed by atoms with E-state index < -0.39 is 0 Å². The van der Waals surface area contributed by atoms with Crippen LogP contribution < -0.4 is 5.73 Å². The lowest BCUT2D eigenvalue weighted by Gasteiger charge is -1.99. The number of rotatable bonds is 0. The Labute approximate surface area is 59.3 Å². The molecule has 2 N–H and O–H groups in total. The first kappa shape index (κ1) is 5.59. The van der Waals surface area contributed by atoms with Crippen LogP contribution in [-0.4, -0.2) is 0 Å². The fourth-order valence-corrected chi connectivity index (χ4v) is 1.23. The molecule has 0 amide bonds. The quantitative estimate of drug-likeness (QED) is 0.589. The Hall–Kier alpha value is -1.18. The van der Waals surface area contributed by atoms with Crippen molar-refractivity contribution in [2.24, 2.45) is 0 Å². The molecule has 0 saturated heterocycles. The molecule has 0 fully saturated rings. The number of hydrogen-bond acceptors (Lipinski definition) is 2. The van der Waals surface area contributed by atoms with E-state index in [1.165, 1.54) is 0 Å². The highest BCUT2D eigenvalue weighted by atomic mass is 16.4. The maximum Gasteiger partial charge on any atom is 0.191 e. The Morgan fingerprint density at radius 2 is 2.40 bits per heavy atom. The number of hydrogen-bond donors (Lipinski definition) is 1. The van der Waals surface area contributed by atoms with Crippen LogP contribution in [0.2, 0.25) is 0 Å². The average molecular weight is 135 g/mol. The van der Waals surface area contributed by atoms with Gasteiger partial charge in [-0.3, -0.25) is 0 Å². The van der Waals surface area contributed by atoms with E-state index in [1.54, 1.807) is 0 Å². The van der Waals surface area contributed by atoms with Crippen LogP contribution in [0.4, 0.5) is 5.88 Å². The van der Waals surface area contributed by atoms with Gasteiger partial charge in [-0.25, -0.2) is 0 Å². The van der Waals surface area contributed by atoms with Gasteiger partial charge in [0.2, 0.25) is 0 Å². The zero-order chi connectivity index (χ0) is 6.97. The maximum absolute atomic E-state index is 5.46. The first-order valence-electron chi connectivity index (χ1n) is 3.41. The van der Waals surface area contributed by atoms with Crippen LogP contribution in [-0.2, 0) is 6.42 Å². The summed E-state index contributed by atoms with van der Waals surface area (Å²) in [4.78, 5) is 0. The summed E-state index contributed by atoms with van der Waals surface area (Å²) in [6.45, 7) is 0. The van der Waals surface area contributed by atoms with E-state index in [4.69, 9.17) is 10.2 Å². The molecule has 0 atom stereocenters. The van der Waals surface area contributed by atoms with Crippen molar-refractivity contribution in [1.82, 2.24) is 0 Å². The normalized spacial score (nSPS) is 15.2. The summed E-state index contributed by atoms with van der Waals surface area (Å²) < 4.78 is 5.23. The van der Waals surface area contributed by atoms with Crippen molar-refractivity contribution in [2.75, 3.05) is 5.73 Å². The van der Waals surface area contributed by atoms with E-state index in [0.717, 1.165) is 24.2 Å². The van der Waals surface area contributed by atoms with E-state index in [0.29, 0.717) is 5.88 Å². The third kappa shape index (κ3) is 0.727. The van der Waals surface area contributed by atoms with Crippen molar-refractivity contribution in [3.63, 3.8) is 0 Å². The Kier molecular flexibility index (Phi) is 1.07. The van der Waals surface area contributed by atoms with Crippen molar-refractivity contribution in [3.8, 4) is 0 Å². The second-order valence-electron chi connectivity index (χ2n) is 2.47. The fourth-order valence-electron chi connectivity index (χ4n) is 1.23. The molecule has 0 saturated carbocycles. The van der Waals surface area contributed by atoms with Gasteiger partial charge in [-0.15, -0.1) is 0 Å². The number of nitrogen functional groups attached to an aromatic ring is 1. The van der Waals surface area contributed by atoms with Gasteiger partial charge in [-0.05, 0) is 6.42 Å². The molecule has 2 nitrogen and oxygen atoms in total. The average Bonchev–Trinajstić information content (AvgIpc) is 2.27. The molecule has 1 aromatic rings. The lowest BCUT2D eigenvalue weighted by molar-refractivity contribution is 0.525. The Morgan fingerprint density at radius 3 is 3.20 bits per heavy atom. The van der Waals surface area contributed by atoms with Gasteiger partial charge in [0.05, 0.1) is 0 Å². The zero-order valence-electron chi connectivity index (χ0n) is 5.63. The third-order valence-corrected chi connectivity index (χ3v) is 1.70. The van der Waals surface area contributed by atoms with Gasteiger partial charge in [-0.2, -0.15) is 0 Å². The highest BCUT2D eigenvalue weighted by Gasteiger charge is 2.08. The lowest BCUT2D eigenvalue weighted by atomic mass is 10.1. The van der Waals surface area contributed by atoms with E-state index in [-0.39, 0.29) is 0 Å². The number of anilines is 1. The minimum Gasteiger partial charge on any atom is -0.445 e. The molecule has 1 aliphatic carbocycles. The largest absolute Gasteiger partial charge is 0.445 e.